The highest BCUT2D eigenvalue weighted by atomic mass is 127. The standard InChI is InChI=1S/C12H14IN/c13-11-7-3-6-10(8-11)12(14)9-4-1-2-5-9/h3-4,6-8,12H,1-2,5,14H2. The van der Waals surface area contributed by atoms with Gasteiger partial charge in [-0.3, -0.25) is 0 Å². The van der Waals surface area contributed by atoms with Gasteiger partial charge in [0.2, 0.25) is 0 Å². The molecule has 0 radical (unpaired) electrons. The first-order valence-corrected chi connectivity index (χ1v) is 6.05. The summed E-state index contributed by atoms with van der Waals surface area (Å²) in [5.74, 6) is 0. The molecule has 2 N–H and O–H groups in total. The van der Waals surface area contributed by atoms with E-state index < -0.39 is 0 Å². The molecular formula is C12H14IN. The number of hydrogen-bond donors (Lipinski definition) is 1. The molecule has 0 saturated heterocycles. The van der Waals surface area contributed by atoms with Gasteiger partial charge in [-0.2, -0.15) is 0 Å². The fraction of sp³-hybridized carbons (Fsp3) is 0.333. The van der Waals surface area contributed by atoms with Crippen molar-refractivity contribution in [3.05, 3.63) is 45.0 Å². The average molecular weight is 299 g/mol. The van der Waals surface area contributed by atoms with Crippen molar-refractivity contribution >= 4 is 22.6 Å². The lowest BCUT2D eigenvalue weighted by Crippen LogP contribution is -2.12. The van der Waals surface area contributed by atoms with Crippen molar-refractivity contribution in [2.45, 2.75) is 25.3 Å². The predicted octanol–water partition coefficient (Wildman–Crippen LogP) is 3.40. The maximum absolute atomic E-state index is 6.20. The van der Waals surface area contributed by atoms with E-state index >= 15 is 0 Å². The van der Waals surface area contributed by atoms with Crippen LogP contribution in [0, 0.1) is 3.57 Å². The van der Waals surface area contributed by atoms with Gasteiger partial charge in [-0.25, -0.2) is 0 Å². The molecule has 0 bridgehead atoms. The van der Waals surface area contributed by atoms with Crippen molar-refractivity contribution in [2.75, 3.05) is 0 Å². The molecule has 74 valence electrons. The molecule has 1 aliphatic rings. The Morgan fingerprint density at radius 2 is 2.21 bits per heavy atom. The van der Waals surface area contributed by atoms with E-state index in [2.05, 4.69) is 52.9 Å². The summed E-state index contributed by atoms with van der Waals surface area (Å²) in [4.78, 5) is 0. The molecule has 1 nitrogen and oxygen atoms in total. The van der Waals surface area contributed by atoms with Crippen molar-refractivity contribution in [3.63, 3.8) is 0 Å². The zero-order chi connectivity index (χ0) is 9.97. The Labute approximate surface area is 98.5 Å². The summed E-state index contributed by atoms with van der Waals surface area (Å²) in [6.45, 7) is 0. The number of hydrogen-bond acceptors (Lipinski definition) is 1. The van der Waals surface area contributed by atoms with Crippen molar-refractivity contribution in [2.24, 2.45) is 5.73 Å². The molecule has 0 amide bonds. The van der Waals surface area contributed by atoms with E-state index in [0.717, 1.165) is 0 Å². The summed E-state index contributed by atoms with van der Waals surface area (Å²) in [5, 5.41) is 0. The van der Waals surface area contributed by atoms with E-state index in [4.69, 9.17) is 5.73 Å². The van der Waals surface area contributed by atoms with E-state index in [0.29, 0.717) is 0 Å². The van der Waals surface area contributed by atoms with Crippen LogP contribution in [0.5, 0.6) is 0 Å². The molecule has 1 aliphatic carbocycles. The second-order valence-corrected chi connectivity index (χ2v) is 4.95. The Morgan fingerprint density at radius 3 is 2.86 bits per heavy atom. The van der Waals surface area contributed by atoms with Gasteiger partial charge in [0.1, 0.15) is 0 Å². The molecular weight excluding hydrogens is 285 g/mol. The molecule has 0 fully saturated rings. The smallest absolute Gasteiger partial charge is 0.0511 e. The van der Waals surface area contributed by atoms with Crippen LogP contribution in [-0.2, 0) is 0 Å². The lowest BCUT2D eigenvalue weighted by molar-refractivity contribution is 0.784. The summed E-state index contributed by atoms with van der Waals surface area (Å²) in [5.41, 5.74) is 8.85. The van der Waals surface area contributed by atoms with Gasteiger partial charge in [-0.15, -0.1) is 0 Å². The maximum atomic E-state index is 6.20. The van der Waals surface area contributed by atoms with Crippen LogP contribution in [0.1, 0.15) is 30.9 Å². The third kappa shape index (κ3) is 2.17. The molecule has 1 aromatic rings. The van der Waals surface area contributed by atoms with E-state index in [9.17, 15) is 0 Å². The molecule has 2 rings (SSSR count). The van der Waals surface area contributed by atoms with E-state index in [1.165, 1.54) is 34.0 Å². The van der Waals surface area contributed by atoms with Crippen LogP contribution >= 0.6 is 22.6 Å². The predicted molar refractivity (Wildman–Crippen MR) is 68.0 cm³/mol. The Morgan fingerprint density at radius 1 is 1.36 bits per heavy atom. The first-order chi connectivity index (χ1) is 6.77. The maximum Gasteiger partial charge on any atom is 0.0511 e. The normalized spacial score (nSPS) is 18.0. The quantitative estimate of drug-likeness (QED) is 0.657. The van der Waals surface area contributed by atoms with Crippen molar-refractivity contribution in [1.82, 2.24) is 0 Å². The van der Waals surface area contributed by atoms with Crippen molar-refractivity contribution in [3.8, 4) is 0 Å². The number of allylic oxidation sites excluding steroid dienone is 1. The van der Waals surface area contributed by atoms with E-state index in [-0.39, 0.29) is 6.04 Å². The molecule has 2 heteroatoms. The molecule has 0 spiro atoms. The highest BCUT2D eigenvalue weighted by molar-refractivity contribution is 14.1. The largest absolute Gasteiger partial charge is 0.321 e. The summed E-state index contributed by atoms with van der Waals surface area (Å²) in [7, 11) is 0. The Hall–Kier alpha value is -0.350. The second kappa shape index (κ2) is 4.45. The molecule has 0 saturated carbocycles. The third-order valence-electron chi connectivity index (χ3n) is 2.68. The SMILES string of the molecule is NC(C1=CCCC1)c1cccc(I)c1. The second-order valence-electron chi connectivity index (χ2n) is 3.70. The molecule has 1 unspecified atom stereocenters. The fourth-order valence-electron chi connectivity index (χ4n) is 1.89. The summed E-state index contributed by atoms with van der Waals surface area (Å²) in [6, 6.07) is 8.58. The number of halogens is 1. The summed E-state index contributed by atoms with van der Waals surface area (Å²) >= 11 is 2.33. The molecule has 1 atom stereocenters. The minimum absolute atomic E-state index is 0.118. The van der Waals surface area contributed by atoms with Gasteiger partial charge in [0.15, 0.2) is 0 Å². The third-order valence-corrected chi connectivity index (χ3v) is 3.35. The van der Waals surface area contributed by atoms with Gasteiger partial charge in [0.25, 0.3) is 0 Å². The molecule has 0 heterocycles. The molecule has 14 heavy (non-hydrogen) atoms. The van der Waals surface area contributed by atoms with Gasteiger partial charge in [0.05, 0.1) is 6.04 Å². The lowest BCUT2D eigenvalue weighted by Gasteiger charge is -2.13. The van der Waals surface area contributed by atoms with Crippen LogP contribution in [0.15, 0.2) is 35.9 Å². The van der Waals surface area contributed by atoms with Crippen LogP contribution in [0.4, 0.5) is 0 Å². The van der Waals surface area contributed by atoms with Crippen molar-refractivity contribution in [1.29, 1.82) is 0 Å². The summed E-state index contributed by atoms with van der Waals surface area (Å²) < 4.78 is 1.26. The van der Waals surface area contributed by atoms with Gasteiger partial charge in [-0.1, -0.05) is 23.8 Å². The van der Waals surface area contributed by atoms with Crippen LogP contribution in [-0.4, -0.2) is 0 Å². The number of rotatable bonds is 2. The molecule has 1 aromatic carbocycles. The number of nitrogens with two attached hydrogens (primary N) is 1. The monoisotopic (exact) mass is 299 g/mol. The van der Waals surface area contributed by atoms with Crippen LogP contribution in [0.25, 0.3) is 0 Å². The van der Waals surface area contributed by atoms with E-state index in [1.807, 2.05) is 0 Å². The topological polar surface area (TPSA) is 26.0 Å². The lowest BCUT2D eigenvalue weighted by atomic mass is 9.99. The van der Waals surface area contributed by atoms with Gasteiger partial charge >= 0.3 is 0 Å². The molecule has 0 aliphatic heterocycles. The Balaban J connectivity index is 2.22. The zero-order valence-corrected chi connectivity index (χ0v) is 10.2. The highest BCUT2D eigenvalue weighted by Crippen LogP contribution is 2.29. The van der Waals surface area contributed by atoms with Crippen molar-refractivity contribution < 1.29 is 0 Å². The van der Waals surface area contributed by atoms with Crippen LogP contribution in [0.2, 0.25) is 0 Å². The first kappa shape index (κ1) is 10.2. The van der Waals surface area contributed by atoms with Crippen LogP contribution < -0.4 is 5.73 Å². The Kier molecular flexibility index (Phi) is 3.23. The van der Waals surface area contributed by atoms with Gasteiger partial charge in [0, 0.05) is 3.57 Å². The first-order valence-electron chi connectivity index (χ1n) is 4.97. The average Bonchev–Trinajstić information content (AvgIpc) is 2.69. The number of benzene rings is 1. The van der Waals surface area contributed by atoms with E-state index in [1.54, 1.807) is 0 Å². The highest BCUT2D eigenvalue weighted by Gasteiger charge is 2.14. The van der Waals surface area contributed by atoms with Gasteiger partial charge < -0.3 is 5.73 Å². The summed E-state index contributed by atoms with van der Waals surface area (Å²) in [6.07, 6.45) is 5.94. The van der Waals surface area contributed by atoms with Crippen LogP contribution in [0.3, 0.4) is 0 Å². The minimum Gasteiger partial charge on any atom is -0.321 e. The Bertz CT molecular complexity index is 357. The zero-order valence-electron chi connectivity index (χ0n) is 8.04. The molecule has 0 aromatic heterocycles. The van der Waals surface area contributed by atoms with Gasteiger partial charge in [-0.05, 0) is 59.5 Å². The fourth-order valence-corrected chi connectivity index (χ4v) is 2.46. The minimum atomic E-state index is 0.118.